The number of benzene rings is 1. The molecule has 0 aliphatic rings. The number of anilines is 1. The van der Waals surface area contributed by atoms with Gasteiger partial charge in [0.1, 0.15) is 5.75 Å². The van der Waals surface area contributed by atoms with Crippen LogP contribution in [0, 0.1) is 20.8 Å². The first kappa shape index (κ1) is 15.8. The number of hydrogen-bond acceptors (Lipinski definition) is 3. The zero-order chi connectivity index (χ0) is 16.3. The van der Waals surface area contributed by atoms with E-state index < -0.39 is 0 Å². The van der Waals surface area contributed by atoms with Crippen molar-refractivity contribution in [1.29, 1.82) is 0 Å². The Morgan fingerprint density at radius 3 is 2.64 bits per heavy atom. The molecule has 1 aromatic heterocycles. The average Bonchev–Trinajstić information content (AvgIpc) is 2.70. The molecule has 5 heteroatoms. The van der Waals surface area contributed by atoms with Crippen molar-refractivity contribution in [3.8, 4) is 5.75 Å². The zero-order valence-corrected chi connectivity index (χ0v) is 13.6. The van der Waals surface area contributed by atoms with Gasteiger partial charge in [-0.1, -0.05) is 6.07 Å². The molecular formula is C17H21N3O2. The summed E-state index contributed by atoms with van der Waals surface area (Å²) in [7, 11) is 3.47. The van der Waals surface area contributed by atoms with Gasteiger partial charge in [0.15, 0.2) is 0 Å². The molecule has 0 aliphatic carbocycles. The van der Waals surface area contributed by atoms with Crippen molar-refractivity contribution in [2.24, 2.45) is 7.05 Å². The second-order valence-corrected chi connectivity index (χ2v) is 5.23. The Bertz CT molecular complexity index is 730. The first-order valence-electron chi connectivity index (χ1n) is 7.06. The zero-order valence-electron chi connectivity index (χ0n) is 13.6. The largest absolute Gasteiger partial charge is 0.495 e. The molecule has 5 nitrogen and oxygen atoms in total. The maximum absolute atomic E-state index is 12.1. The second kappa shape index (κ2) is 6.47. The third-order valence-corrected chi connectivity index (χ3v) is 3.58. The number of nitrogens with one attached hydrogen (secondary N) is 1. The lowest BCUT2D eigenvalue weighted by Gasteiger charge is -2.09. The number of nitrogens with zero attached hydrogens (tertiary/aromatic N) is 2. The molecule has 2 aromatic rings. The van der Waals surface area contributed by atoms with Crippen LogP contribution < -0.4 is 10.1 Å². The Morgan fingerprint density at radius 2 is 2.05 bits per heavy atom. The van der Waals surface area contributed by atoms with Gasteiger partial charge in [0.2, 0.25) is 5.91 Å². The summed E-state index contributed by atoms with van der Waals surface area (Å²) in [5.74, 6) is 0.438. The quantitative estimate of drug-likeness (QED) is 0.883. The molecule has 22 heavy (non-hydrogen) atoms. The van der Waals surface area contributed by atoms with Gasteiger partial charge >= 0.3 is 0 Å². The lowest BCUT2D eigenvalue weighted by atomic mass is 10.2. The van der Waals surface area contributed by atoms with Crippen LogP contribution in [-0.2, 0) is 11.8 Å². The van der Waals surface area contributed by atoms with Crippen LogP contribution in [-0.4, -0.2) is 22.8 Å². The van der Waals surface area contributed by atoms with Crippen molar-refractivity contribution in [3.63, 3.8) is 0 Å². The van der Waals surface area contributed by atoms with Crippen molar-refractivity contribution >= 4 is 17.7 Å². The molecular weight excluding hydrogens is 278 g/mol. The van der Waals surface area contributed by atoms with Crippen LogP contribution in [0.3, 0.4) is 0 Å². The van der Waals surface area contributed by atoms with Gasteiger partial charge in [0.05, 0.1) is 18.5 Å². The minimum absolute atomic E-state index is 0.202. The van der Waals surface area contributed by atoms with Gasteiger partial charge in [-0.3, -0.25) is 9.48 Å². The average molecular weight is 299 g/mol. The number of rotatable bonds is 4. The summed E-state index contributed by atoms with van der Waals surface area (Å²) in [6.45, 7) is 5.86. The monoisotopic (exact) mass is 299 g/mol. The second-order valence-electron chi connectivity index (χ2n) is 5.23. The molecule has 1 N–H and O–H groups in total. The van der Waals surface area contributed by atoms with E-state index in [0.29, 0.717) is 11.4 Å². The molecule has 0 radical (unpaired) electrons. The molecule has 0 spiro atoms. The van der Waals surface area contributed by atoms with Crippen molar-refractivity contribution < 1.29 is 9.53 Å². The normalized spacial score (nSPS) is 11.0. The number of ether oxygens (including phenoxy) is 1. The van der Waals surface area contributed by atoms with E-state index in [0.717, 1.165) is 22.5 Å². The van der Waals surface area contributed by atoms with Crippen molar-refractivity contribution in [2.75, 3.05) is 12.4 Å². The van der Waals surface area contributed by atoms with Crippen LogP contribution >= 0.6 is 0 Å². The van der Waals surface area contributed by atoms with E-state index >= 15 is 0 Å². The first-order valence-corrected chi connectivity index (χ1v) is 7.06. The van der Waals surface area contributed by atoms with E-state index in [-0.39, 0.29) is 5.91 Å². The number of amides is 1. The molecule has 0 aliphatic heterocycles. The maximum atomic E-state index is 12.1. The number of carbonyl (C=O) groups is 1. The van der Waals surface area contributed by atoms with Crippen molar-refractivity contribution in [1.82, 2.24) is 9.78 Å². The highest BCUT2D eigenvalue weighted by molar-refractivity contribution is 6.03. The lowest BCUT2D eigenvalue weighted by molar-refractivity contribution is -0.111. The van der Waals surface area contributed by atoms with Gasteiger partial charge in [-0.2, -0.15) is 5.10 Å². The number of carbonyl (C=O) groups excluding carboxylic acids is 1. The summed E-state index contributed by atoms with van der Waals surface area (Å²) in [5.41, 5.74) is 4.61. The highest BCUT2D eigenvalue weighted by Gasteiger charge is 2.08. The van der Waals surface area contributed by atoms with Crippen molar-refractivity contribution in [3.05, 3.63) is 46.8 Å². The SMILES string of the molecule is COc1ccc(C)cc1NC(=O)/C=C/c1c(C)nn(C)c1C. The molecule has 0 bridgehead atoms. The number of hydrogen-bond donors (Lipinski definition) is 1. The standard InChI is InChI=1S/C17H21N3O2/c1-11-6-8-16(22-5)15(10-11)18-17(21)9-7-14-12(2)19-20(4)13(14)3/h6-10H,1-5H3,(H,18,21)/b9-7+. The number of methoxy groups -OCH3 is 1. The highest BCUT2D eigenvalue weighted by Crippen LogP contribution is 2.25. The van der Waals surface area contributed by atoms with Gasteiger partial charge < -0.3 is 10.1 Å². The smallest absolute Gasteiger partial charge is 0.248 e. The van der Waals surface area contributed by atoms with Crippen LogP contribution in [0.1, 0.15) is 22.5 Å². The number of aryl methyl sites for hydroxylation is 3. The van der Waals surface area contributed by atoms with E-state index in [4.69, 9.17) is 4.74 Å². The molecule has 0 unspecified atom stereocenters. The minimum Gasteiger partial charge on any atom is -0.495 e. The topological polar surface area (TPSA) is 56.1 Å². The minimum atomic E-state index is -0.202. The van der Waals surface area contributed by atoms with Gasteiger partial charge in [-0.05, 0) is 44.5 Å². The van der Waals surface area contributed by atoms with E-state index in [9.17, 15) is 4.79 Å². The molecule has 1 aromatic carbocycles. The van der Waals surface area contributed by atoms with Crippen LogP contribution in [0.4, 0.5) is 5.69 Å². The van der Waals surface area contributed by atoms with Crippen LogP contribution in [0.5, 0.6) is 5.75 Å². The van der Waals surface area contributed by atoms with Crippen molar-refractivity contribution in [2.45, 2.75) is 20.8 Å². The Morgan fingerprint density at radius 1 is 1.32 bits per heavy atom. The van der Waals surface area contributed by atoms with Gasteiger partial charge in [-0.25, -0.2) is 0 Å². The fourth-order valence-electron chi connectivity index (χ4n) is 2.28. The summed E-state index contributed by atoms with van der Waals surface area (Å²) in [5, 5.41) is 7.17. The predicted octanol–water partition coefficient (Wildman–Crippen LogP) is 3.01. The maximum Gasteiger partial charge on any atom is 0.248 e. The Hall–Kier alpha value is -2.56. The summed E-state index contributed by atoms with van der Waals surface area (Å²) >= 11 is 0. The van der Waals surface area contributed by atoms with Gasteiger partial charge in [0.25, 0.3) is 0 Å². The highest BCUT2D eigenvalue weighted by atomic mass is 16.5. The van der Waals surface area contributed by atoms with Gasteiger partial charge in [-0.15, -0.1) is 0 Å². The third-order valence-electron chi connectivity index (χ3n) is 3.58. The van der Waals surface area contributed by atoms with Crippen LogP contribution in [0.25, 0.3) is 6.08 Å². The summed E-state index contributed by atoms with van der Waals surface area (Å²) < 4.78 is 7.06. The molecule has 1 heterocycles. The summed E-state index contributed by atoms with van der Waals surface area (Å²) in [6, 6.07) is 5.65. The van der Waals surface area contributed by atoms with E-state index in [1.807, 2.05) is 46.0 Å². The van der Waals surface area contributed by atoms with Crippen LogP contribution in [0.15, 0.2) is 24.3 Å². The molecule has 0 fully saturated rings. The Kier molecular flexibility index (Phi) is 4.65. The van der Waals surface area contributed by atoms with E-state index in [1.165, 1.54) is 6.08 Å². The van der Waals surface area contributed by atoms with E-state index in [2.05, 4.69) is 10.4 Å². The Labute approximate surface area is 130 Å². The lowest BCUT2D eigenvalue weighted by Crippen LogP contribution is -2.09. The van der Waals surface area contributed by atoms with Gasteiger partial charge in [0, 0.05) is 24.4 Å². The first-order chi connectivity index (χ1) is 10.4. The molecule has 0 saturated heterocycles. The molecule has 1 amide bonds. The van der Waals surface area contributed by atoms with E-state index in [1.54, 1.807) is 17.9 Å². The summed E-state index contributed by atoms with van der Waals surface area (Å²) in [6.07, 6.45) is 3.30. The number of aromatic nitrogens is 2. The Balaban J connectivity index is 2.17. The molecule has 0 saturated carbocycles. The molecule has 116 valence electrons. The predicted molar refractivity (Wildman–Crippen MR) is 88.1 cm³/mol. The van der Waals surface area contributed by atoms with Crippen LogP contribution in [0.2, 0.25) is 0 Å². The fraction of sp³-hybridized carbons (Fsp3) is 0.294. The molecule has 2 rings (SSSR count). The fourth-order valence-corrected chi connectivity index (χ4v) is 2.28. The molecule has 0 atom stereocenters. The summed E-state index contributed by atoms with van der Waals surface area (Å²) in [4.78, 5) is 12.1. The third kappa shape index (κ3) is 3.36.